The molecule has 0 fully saturated rings. The van der Waals surface area contributed by atoms with Crippen LogP contribution in [-0.4, -0.2) is 18.3 Å². The van der Waals surface area contributed by atoms with Crippen molar-refractivity contribution in [2.45, 2.75) is 31.9 Å². The quantitative estimate of drug-likeness (QED) is 0.907. The highest BCUT2D eigenvalue weighted by Crippen LogP contribution is 2.32. The number of nitrogens with one attached hydrogen (secondary N) is 1. The van der Waals surface area contributed by atoms with Crippen molar-refractivity contribution >= 4 is 0 Å². The summed E-state index contributed by atoms with van der Waals surface area (Å²) in [6.45, 7) is 3.28. The van der Waals surface area contributed by atoms with Gasteiger partial charge in [-0.2, -0.15) is 0 Å². The molecule has 4 nitrogen and oxygen atoms in total. The number of fused-ring (bicyclic) bond motifs is 1. The summed E-state index contributed by atoms with van der Waals surface area (Å²) in [6.07, 6.45) is 2.96. The lowest BCUT2D eigenvalue weighted by atomic mass is 10.0. The van der Waals surface area contributed by atoms with Crippen molar-refractivity contribution < 1.29 is 14.3 Å². The van der Waals surface area contributed by atoms with Gasteiger partial charge in [0.1, 0.15) is 17.6 Å². The fraction of sp³-hybridized carbons (Fsp3) is 0.412. The third kappa shape index (κ3) is 3.28. The van der Waals surface area contributed by atoms with E-state index in [2.05, 4.69) is 30.4 Å². The fourth-order valence-electron chi connectivity index (χ4n) is 2.73. The van der Waals surface area contributed by atoms with Crippen molar-refractivity contribution in [2.75, 3.05) is 13.2 Å². The molecule has 2 atom stereocenters. The minimum atomic E-state index is -0.627. The summed E-state index contributed by atoms with van der Waals surface area (Å²) < 4.78 is 11.0. The number of aliphatic hydroxyl groups excluding tert-OH is 1. The van der Waals surface area contributed by atoms with E-state index < -0.39 is 6.10 Å². The van der Waals surface area contributed by atoms with Crippen molar-refractivity contribution in [1.82, 2.24) is 5.32 Å². The van der Waals surface area contributed by atoms with Gasteiger partial charge in [0.25, 0.3) is 0 Å². The second kappa shape index (κ2) is 6.33. The van der Waals surface area contributed by atoms with Crippen LogP contribution in [0, 0.1) is 6.92 Å². The van der Waals surface area contributed by atoms with E-state index in [1.807, 2.05) is 0 Å². The molecule has 1 aliphatic rings. The summed E-state index contributed by atoms with van der Waals surface area (Å²) in [5, 5.41) is 13.6. The van der Waals surface area contributed by atoms with E-state index in [0.29, 0.717) is 12.3 Å². The molecule has 0 saturated carbocycles. The molecule has 0 aliphatic carbocycles. The standard InChI is InChI=1S/C17H21NO3/c1-12-6-7-13-14(4-2-8-21-17(13)10-12)18-11-15(19)16-5-3-9-20-16/h3,5-7,9-10,14-15,18-19H,2,4,8,11H2,1H3. The molecule has 1 aliphatic heterocycles. The lowest BCUT2D eigenvalue weighted by molar-refractivity contribution is 0.142. The predicted molar refractivity (Wildman–Crippen MR) is 80.3 cm³/mol. The van der Waals surface area contributed by atoms with Gasteiger partial charge in [-0.15, -0.1) is 0 Å². The summed E-state index contributed by atoms with van der Waals surface area (Å²) in [5.74, 6) is 1.55. The highest BCUT2D eigenvalue weighted by molar-refractivity contribution is 5.39. The van der Waals surface area contributed by atoms with Gasteiger partial charge in [-0.05, 0) is 43.5 Å². The monoisotopic (exact) mass is 287 g/mol. The van der Waals surface area contributed by atoms with E-state index in [1.54, 1.807) is 18.4 Å². The van der Waals surface area contributed by atoms with E-state index in [4.69, 9.17) is 9.15 Å². The molecule has 2 N–H and O–H groups in total. The van der Waals surface area contributed by atoms with E-state index in [1.165, 1.54) is 11.1 Å². The van der Waals surface area contributed by atoms with E-state index >= 15 is 0 Å². The Kier molecular flexibility index (Phi) is 4.27. The van der Waals surface area contributed by atoms with Crippen LogP contribution in [0.4, 0.5) is 0 Å². The number of ether oxygens (including phenoxy) is 1. The van der Waals surface area contributed by atoms with Gasteiger partial charge >= 0.3 is 0 Å². The summed E-state index contributed by atoms with van der Waals surface area (Å²) in [5.41, 5.74) is 2.37. The molecule has 4 heteroatoms. The smallest absolute Gasteiger partial charge is 0.133 e. The Morgan fingerprint density at radius 1 is 1.38 bits per heavy atom. The Balaban J connectivity index is 1.71. The Bertz CT molecular complexity index is 580. The molecule has 2 heterocycles. The maximum atomic E-state index is 10.1. The number of rotatable bonds is 4. The average molecular weight is 287 g/mol. The van der Waals surface area contributed by atoms with Crippen LogP contribution in [0.5, 0.6) is 5.75 Å². The molecule has 0 spiro atoms. The number of aryl methyl sites for hydroxylation is 1. The zero-order valence-corrected chi connectivity index (χ0v) is 12.2. The molecule has 3 rings (SSSR count). The van der Waals surface area contributed by atoms with Gasteiger partial charge in [-0.1, -0.05) is 12.1 Å². The normalized spacial score (nSPS) is 19.4. The molecule has 1 aromatic heterocycles. The lowest BCUT2D eigenvalue weighted by Crippen LogP contribution is -2.26. The molecule has 0 saturated heterocycles. The molecular weight excluding hydrogens is 266 g/mol. The SMILES string of the molecule is Cc1ccc2c(c1)OCCCC2NCC(O)c1ccco1. The number of benzene rings is 1. The van der Waals surface area contributed by atoms with Gasteiger partial charge < -0.3 is 19.6 Å². The van der Waals surface area contributed by atoms with E-state index in [0.717, 1.165) is 25.2 Å². The third-order valence-corrected chi connectivity index (χ3v) is 3.87. The number of aliphatic hydroxyl groups is 1. The molecular formula is C17H21NO3. The first-order chi connectivity index (χ1) is 10.2. The molecule has 0 amide bonds. The van der Waals surface area contributed by atoms with Crippen LogP contribution in [0.3, 0.4) is 0 Å². The molecule has 21 heavy (non-hydrogen) atoms. The summed E-state index contributed by atoms with van der Waals surface area (Å²) in [7, 11) is 0. The number of furan rings is 1. The van der Waals surface area contributed by atoms with E-state index in [-0.39, 0.29) is 6.04 Å². The topological polar surface area (TPSA) is 54.6 Å². The second-order valence-corrected chi connectivity index (χ2v) is 5.52. The lowest BCUT2D eigenvalue weighted by Gasteiger charge is -2.20. The molecule has 0 radical (unpaired) electrons. The van der Waals surface area contributed by atoms with Crippen LogP contribution < -0.4 is 10.1 Å². The van der Waals surface area contributed by atoms with Crippen molar-refractivity contribution in [3.05, 3.63) is 53.5 Å². The first-order valence-electron chi connectivity index (χ1n) is 7.42. The van der Waals surface area contributed by atoms with Gasteiger partial charge in [-0.3, -0.25) is 0 Å². The highest BCUT2D eigenvalue weighted by atomic mass is 16.5. The molecule has 0 bridgehead atoms. The van der Waals surface area contributed by atoms with Crippen molar-refractivity contribution in [3.8, 4) is 5.75 Å². The average Bonchev–Trinajstić information content (AvgIpc) is 2.94. The van der Waals surface area contributed by atoms with Gasteiger partial charge in [0, 0.05) is 18.2 Å². The van der Waals surface area contributed by atoms with E-state index in [9.17, 15) is 5.11 Å². The maximum Gasteiger partial charge on any atom is 0.133 e. The van der Waals surface area contributed by atoms with Gasteiger partial charge in [0.15, 0.2) is 0 Å². The van der Waals surface area contributed by atoms with Crippen LogP contribution >= 0.6 is 0 Å². The largest absolute Gasteiger partial charge is 0.493 e. The highest BCUT2D eigenvalue weighted by Gasteiger charge is 2.21. The number of hydrogen-bond donors (Lipinski definition) is 2. The van der Waals surface area contributed by atoms with Crippen molar-refractivity contribution in [1.29, 1.82) is 0 Å². The minimum absolute atomic E-state index is 0.202. The zero-order valence-electron chi connectivity index (χ0n) is 12.2. The minimum Gasteiger partial charge on any atom is -0.493 e. The Morgan fingerprint density at radius 2 is 2.29 bits per heavy atom. The first kappa shape index (κ1) is 14.2. The van der Waals surface area contributed by atoms with Crippen LogP contribution in [0.15, 0.2) is 41.0 Å². The van der Waals surface area contributed by atoms with Crippen LogP contribution in [0.1, 0.15) is 41.9 Å². The molecule has 112 valence electrons. The van der Waals surface area contributed by atoms with Crippen LogP contribution in [0.25, 0.3) is 0 Å². The first-order valence-corrected chi connectivity index (χ1v) is 7.42. The maximum absolute atomic E-state index is 10.1. The second-order valence-electron chi connectivity index (χ2n) is 5.52. The fourth-order valence-corrected chi connectivity index (χ4v) is 2.73. The Labute approximate surface area is 124 Å². The summed E-state index contributed by atoms with van der Waals surface area (Å²) in [4.78, 5) is 0. The predicted octanol–water partition coefficient (Wildman–Crippen LogP) is 3.12. The van der Waals surface area contributed by atoms with Crippen LogP contribution in [0.2, 0.25) is 0 Å². The van der Waals surface area contributed by atoms with Gasteiger partial charge in [0.2, 0.25) is 0 Å². The molecule has 2 unspecified atom stereocenters. The number of hydrogen-bond acceptors (Lipinski definition) is 4. The van der Waals surface area contributed by atoms with Gasteiger partial charge in [0.05, 0.1) is 12.9 Å². The zero-order chi connectivity index (χ0) is 14.7. The Morgan fingerprint density at radius 3 is 3.10 bits per heavy atom. The summed E-state index contributed by atoms with van der Waals surface area (Å²) in [6, 6.07) is 10.1. The van der Waals surface area contributed by atoms with Crippen LogP contribution in [-0.2, 0) is 0 Å². The Hall–Kier alpha value is -1.78. The summed E-state index contributed by atoms with van der Waals surface area (Å²) >= 11 is 0. The molecule has 2 aromatic rings. The van der Waals surface area contributed by atoms with Gasteiger partial charge in [-0.25, -0.2) is 0 Å². The van der Waals surface area contributed by atoms with Crippen molar-refractivity contribution in [3.63, 3.8) is 0 Å². The third-order valence-electron chi connectivity index (χ3n) is 3.87. The van der Waals surface area contributed by atoms with Crippen molar-refractivity contribution in [2.24, 2.45) is 0 Å². The molecule has 1 aromatic carbocycles.